The number of thiazole rings is 1. The third kappa shape index (κ3) is 5.62. The van der Waals surface area contributed by atoms with Gasteiger partial charge >= 0.3 is 0 Å². The summed E-state index contributed by atoms with van der Waals surface area (Å²) >= 11 is 1.59. The summed E-state index contributed by atoms with van der Waals surface area (Å²) < 4.78 is 12.7. The van der Waals surface area contributed by atoms with E-state index < -0.39 is 0 Å². The number of aromatic nitrogens is 3. The van der Waals surface area contributed by atoms with Crippen molar-refractivity contribution in [1.29, 1.82) is 0 Å². The molecule has 0 unspecified atom stereocenters. The molecule has 3 aromatic rings. The van der Waals surface area contributed by atoms with Gasteiger partial charge in [0.2, 0.25) is 5.91 Å². The van der Waals surface area contributed by atoms with Crippen molar-refractivity contribution in [3.63, 3.8) is 0 Å². The number of hydrogen-bond acceptors (Lipinski definition) is 6. The van der Waals surface area contributed by atoms with E-state index in [4.69, 9.17) is 19.6 Å². The van der Waals surface area contributed by atoms with Crippen molar-refractivity contribution in [3.05, 3.63) is 41.5 Å². The van der Waals surface area contributed by atoms with Crippen LogP contribution in [-0.2, 0) is 21.5 Å². The molecule has 33 heavy (non-hydrogen) atoms. The van der Waals surface area contributed by atoms with Crippen molar-refractivity contribution in [2.75, 3.05) is 20.3 Å². The van der Waals surface area contributed by atoms with E-state index >= 15 is 0 Å². The molecule has 1 saturated heterocycles. The topological polar surface area (TPSA) is 78.3 Å². The molecule has 8 heteroatoms. The molecule has 176 valence electrons. The lowest BCUT2D eigenvalue weighted by Crippen LogP contribution is -2.38. The minimum atomic E-state index is -0.185. The number of rotatable bonds is 7. The number of nitrogens with one attached hydrogen (secondary N) is 1. The second-order valence-corrected chi connectivity index (χ2v) is 10.2. The molecule has 3 heterocycles. The fourth-order valence-corrected chi connectivity index (χ4v) is 4.83. The Morgan fingerprint density at radius 3 is 2.64 bits per heavy atom. The Labute approximate surface area is 199 Å². The Kier molecular flexibility index (Phi) is 7.14. The van der Waals surface area contributed by atoms with Gasteiger partial charge in [-0.25, -0.2) is 4.98 Å². The van der Waals surface area contributed by atoms with E-state index in [-0.39, 0.29) is 17.5 Å². The van der Waals surface area contributed by atoms with Crippen LogP contribution in [0.5, 0.6) is 5.75 Å². The summed E-state index contributed by atoms with van der Waals surface area (Å²) in [4.78, 5) is 17.2. The molecule has 0 atom stereocenters. The fraction of sp³-hybridized carbons (Fsp3) is 0.480. The van der Waals surface area contributed by atoms with Crippen LogP contribution in [0.25, 0.3) is 21.8 Å². The number of methoxy groups -OCH3 is 1. The van der Waals surface area contributed by atoms with E-state index in [1.807, 2.05) is 28.4 Å². The Bertz CT molecular complexity index is 1080. The van der Waals surface area contributed by atoms with Gasteiger partial charge in [-0.05, 0) is 64.3 Å². The SMILES string of the molecule is COc1ccc(-c2c(-c3nc(CCC(=O)NC4CCOCC4)cs3)cnn2C(C)(C)C)cc1. The maximum atomic E-state index is 12.4. The zero-order chi connectivity index (χ0) is 23.4. The largest absolute Gasteiger partial charge is 0.497 e. The van der Waals surface area contributed by atoms with Gasteiger partial charge in [-0.1, -0.05) is 0 Å². The van der Waals surface area contributed by atoms with Gasteiger partial charge in [0.25, 0.3) is 0 Å². The van der Waals surface area contributed by atoms with Gasteiger partial charge in [-0.3, -0.25) is 9.48 Å². The second-order valence-electron chi connectivity index (χ2n) is 9.32. The molecule has 1 aromatic carbocycles. The first-order valence-electron chi connectivity index (χ1n) is 11.4. The molecule has 0 bridgehead atoms. The zero-order valence-corrected chi connectivity index (χ0v) is 20.6. The number of hydrogen-bond donors (Lipinski definition) is 1. The van der Waals surface area contributed by atoms with Gasteiger partial charge in [0.1, 0.15) is 10.8 Å². The normalized spacial score (nSPS) is 14.9. The quantitative estimate of drug-likeness (QED) is 0.545. The maximum Gasteiger partial charge on any atom is 0.220 e. The number of carbonyl (C=O) groups is 1. The smallest absolute Gasteiger partial charge is 0.220 e. The van der Waals surface area contributed by atoms with E-state index in [1.54, 1.807) is 18.4 Å². The van der Waals surface area contributed by atoms with E-state index in [2.05, 4.69) is 38.2 Å². The van der Waals surface area contributed by atoms with Crippen LogP contribution in [0.3, 0.4) is 0 Å². The molecule has 7 nitrogen and oxygen atoms in total. The monoisotopic (exact) mass is 468 g/mol. The summed E-state index contributed by atoms with van der Waals surface area (Å²) in [5.74, 6) is 0.897. The van der Waals surface area contributed by atoms with Crippen LogP contribution in [0.1, 0.15) is 45.7 Å². The van der Waals surface area contributed by atoms with Crippen molar-refractivity contribution in [2.24, 2.45) is 0 Å². The van der Waals surface area contributed by atoms with Crippen LogP contribution in [0, 0.1) is 0 Å². The third-order valence-electron chi connectivity index (χ3n) is 5.74. The molecule has 1 aliphatic heterocycles. The molecule has 1 fully saturated rings. The van der Waals surface area contributed by atoms with Crippen molar-refractivity contribution in [1.82, 2.24) is 20.1 Å². The number of nitrogens with zero attached hydrogens (tertiary/aromatic N) is 3. The molecule has 1 N–H and O–H groups in total. The highest BCUT2D eigenvalue weighted by Crippen LogP contribution is 2.37. The zero-order valence-electron chi connectivity index (χ0n) is 19.8. The average Bonchev–Trinajstić information content (AvgIpc) is 3.45. The molecule has 4 rings (SSSR count). The summed E-state index contributed by atoms with van der Waals surface area (Å²) in [6.07, 6.45) is 4.73. The highest BCUT2D eigenvalue weighted by Gasteiger charge is 2.24. The van der Waals surface area contributed by atoms with E-state index in [1.165, 1.54) is 0 Å². The number of aryl methyl sites for hydroxylation is 1. The first-order chi connectivity index (χ1) is 15.8. The van der Waals surface area contributed by atoms with Gasteiger partial charge < -0.3 is 14.8 Å². The Hall–Kier alpha value is -2.71. The van der Waals surface area contributed by atoms with E-state index in [0.717, 1.165) is 59.3 Å². The number of ether oxygens (including phenoxy) is 2. The maximum absolute atomic E-state index is 12.4. The summed E-state index contributed by atoms with van der Waals surface area (Å²) in [5, 5.41) is 10.8. The van der Waals surface area contributed by atoms with Crippen LogP contribution in [0.15, 0.2) is 35.8 Å². The fourth-order valence-electron chi connectivity index (χ4n) is 3.97. The standard InChI is InChI=1S/C25H32N4O3S/c1-25(2,3)29-23(17-5-8-20(31-4)9-6-17)21(15-26-29)24-28-19(16-33-24)7-10-22(30)27-18-11-13-32-14-12-18/h5-6,8-9,15-16,18H,7,10-14H2,1-4H3,(H,27,30). The highest BCUT2D eigenvalue weighted by atomic mass is 32.1. The average molecular weight is 469 g/mol. The van der Waals surface area contributed by atoms with Gasteiger partial charge in [0.05, 0.1) is 35.8 Å². The lowest BCUT2D eigenvalue weighted by molar-refractivity contribution is -0.122. The van der Waals surface area contributed by atoms with Crippen molar-refractivity contribution < 1.29 is 14.3 Å². The first kappa shape index (κ1) is 23.4. The minimum Gasteiger partial charge on any atom is -0.497 e. The minimum absolute atomic E-state index is 0.0796. The molecule has 0 radical (unpaired) electrons. The predicted molar refractivity (Wildman–Crippen MR) is 131 cm³/mol. The van der Waals surface area contributed by atoms with Crippen molar-refractivity contribution in [3.8, 4) is 27.6 Å². The van der Waals surface area contributed by atoms with Gasteiger partial charge in [-0.15, -0.1) is 11.3 Å². The molecular weight excluding hydrogens is 436 g/mol. The molecule has 0 aliphatic carbocycles. The Morgan fingerprint density at radius 1 is 1.24 bits per heavy atom. The summed E-state index contributed by atoms with van der Waals surface area (Å²) in [7, 11) is 1.67. The molecule has 1 aliphatic rings. The third-order valence-corrected chi connectivity index (χ3v) is 6.67. The summed E-state index contributed by atoms with van der Waals surface area (Å²) in [5.41, 5.74) is 3.84. The Balaban J connectivity index is 1.52. The lowest BCUT2D eigenvalue weighted by Gasteiger charge is -2.23. The van der Waals surface area contributed by atoms with Crippen LogP contribution in [-0.4, -0.2) is 47.0 Å². The number of benzene rings is 1. The predicted octanol–water partition coefficient (Wildman–Crippen LogP) is 4.67. The van der Waals surface area contributed by atoms with E-state index in [9.17, 15) is 4.79 Å². The van der Waals surface area contributed by atoms with Crippen LogP contribution >= 0.6 is 11.3 Å². The highest BCUT2D eigenvalue weighted by molar-refractivity contribution is 7.13. The lowest BCUT2D eigenvalue weighted by atomic mass is 10.0. The number of carbonyl (C=O) groups excluding carboxylic acids is 1. The molecule has 0 saturated carbocycles. The summed E-state index contributed by atoms with van der Waals surface area (Å²) in [6, 6.07) is 8.26. The van der Waals surface area contributed by atoms with Crippen molar-refractivity contribution >= 4 is 17.2 Å². The molecule has 0 spiro atoms. The molecule has 1 amide bonds. The second kappa shape index (κ2) is 10.1. The first-order valence-corrected chi connectivity index (χ1v) is 12.3. The van der Waals surface area contributed by atoms with Gasteiger partial charge in [0, 0.05) is 36.6 Å². The molecular formula is C25H32N4O3S. The van der Waals surface area contributed by atoms with Crippen LogP contribution < -0.4 is 10.1 Å². The van der Waals surface area contributed by atoms with Crippen LogP contribution in [0.2, 0.25) is 0 Å². The summed E-state index contributed by atoms with van der Waals surface area (Å²) in [6.45, 7) is 7.86. The van der Waals surface area contributed by atoms with Crippen LogP contribution in [0.4, 0.5) is 0 Å². The molecule has 2 aromatic heterocycles. The van der Waals surface area contributed by atoms with Crippen molar-refractivity contribution in [2.45, 2.75) is 58.0 Å². The Morgan fingerprint density at radius 2 is 1.97 bits per heavy atom. The van der Waals surface area contributed by atoms with Gasteiger partial charge in [-0.2, -0.15) is 5.10 Å². The van der Waals surface area contributed by atoms with E-state index in [0.29, 0.717) is 12.8 Å². The number of amides is 1. The van der Waals surface area contributed by atoms with Gasteiger partial charge in [0.15, 0.2) is 0 Å².